The molecule has 1 aromatic heterocycles. The second kappa shape index (κ2) is 8.97. The maximum atomic E-state index is 12.4. The number of carbonyl (C=O) groups is 2. The minimum atomic E-state index is -0.325. The van der Waals surface area contributed by atoms with Crippen molar-refractivity contribution in [3.63, 3.8) is 0 Å². The van der Waals surface area contributed by atoms with Crippen molar-refractivity contribution in [3.8, 4) is 0 Å². The number of nitrogens with one attached hydrogen (secondary N) is 2. The summed E-state index contributed by atoms with van der Waals surface area (Å²) in [6, 6.07) is 9.00. The first-order chi connectivity index (χ1) is 12.0. The van der Waals surface area contributed by atoms with E-state index in [-0.39, 0.29) is 17.5 Å². The molecule has 2 amide bonds. The van der Waals surface area contributed by atoms with E-state index >= 15 is 0 Å². The molecule has 0 atom stereocenters. The second-order valence-electron chi connectivity index (χ2n) is 6.17. The maximum Gasteiger partial charge on any atom is 0.274 e. The lowest BCUT2D eigenvalue weighted by Crippen LogP contribution is -2.25. The van der Waals surface area contributed by atoms with Gasteiger partial charge in [-0.1, -0.05) is 31.9 Å². The van der Waals surface area contributed by atoms with Crippen LogP contribution in [0.5, 0.6) is 0 Å². The predicted molar refractivity (Wildman–Crippen MR) is 100.0 cm³/mol. The number of aromatic nitrogens is 1. The van der Waals surface area contributed by atoms with Crippen LogP contribution < -0.4 is 10.6 Å². The molecule has 2 N–H and O–H groups in total. The molecule has 0 saturated heterocycles. The Morgan fingerprint density at radius 2 is 1.84 bits per heavy atom. The third-order valence-corrected chi connectivity index (χ3v) is 3.96. The zero-order valence-electron chi connectivity index (χ0n) is 15.1. The average Bonchev–Trinajstić information content (AvgIpc) is 2.61. The molecule has 0 spiro atoms. The molecule has 2 aromatic rings. The van der Waals surface area contributed by atoms with Crippen molar-refractivity contribution >= 4 is 17.5 Å². The summed E-state index contributed by atoms with van der Waals surface area (Å²) >= 11 is 0. The molecule has 25 heavy (non-hydrogen) atoms. The molecule has 2 rings (SSSR count). The molecule has 0 fully saturated rings. The first kappa shape index (κ1) is 18.6. The number of hydrogen-bond donors (Lipinski definition) is 2. The van der Waals surface area contributed by atoms with Crippen LogP contribution >= 0.6 is 0 Å². The summed E-state index contributed by atoms with van der Waals surface area (Å²) in [7, 11) is 0. The zero-order valence-corrected chi connectivity index (χ0v) is 15.1. The first-order valence-electron chi connectivity index (χ1n) is 8.64. The molecule has 1 heterocycles. The Morgan fingerprint density at radius 1 is 1.04 bits per heavy atom. The van der Waals surface area contributed by atoms with Gasteiger partial charge in [0.1, 0.15) is 5.69 Å². The van der Waals surface area contributed by atoms with Crippen LogP contribution in [0, 0.1) is 13.8 Å². The topological polar surface area (TPSA) is 71.1 Å². The highest BCUT2D eigenvalue weighted by molar-refractivity contribution is 6.05. The van der Waals surface area contributed by atoms with Crippen molar-refractivity contribution in [1.29, 1.82) is 0 Å². The van der Waals surface area contributed by atoms with E-state index in [2.05, 4.69) is 22.5 Å². The Balaban J connectivity index is 2.05. The number of benzene rings is 1. The fourth-order valence-electron chi connectivity index (χ4n) is 2.43. The molecule has 0 bridgehead atoms. The standard InChI is InChI=1S/C20H25N3O2/c1-4-5-6-10-22-19(24)16-9-11-21-18(13-16)20(25)23-17-12-14(2)7-8-15(17)3/h7-9,11-13H,4-6,10H2,1-3H3,(H,22,24)(H,23,25). The Labute approximate surface area is 148 Å². The highest BCUT2D eigenvalue weighted by atomic mass is 16.2. The van der Waals surface area contributed by atoms with Gasteiger partial charge in [0, 0.05) is 24.0 Å². The first-order valence-corrected chi connectivity index (χ1v) is 8.64. The second-order valence-corrected chi connectivity index (χ2v) is 6.17. The van der Waals surface area contributed by atoms with Crippen molar-refractivity contribution in [3.05, 3.63) is 58.9 Å². The fourth-order valence-corrected chi connectivity index (χ4v) is 2.43. The van der Waals surface area contributed by atoms with Crippen LogP contribution in [0.15, 0.2) is 36.5 Å². The Kier molecular flexibility index (Phi) is 6.69. The van der Waals surface area contributed by atoms with Crippen molar-refractivity contribution < 1.29 is 9.59 Å². The highest BCUT2D eigenvalue weighted by Crippen LogP contribution is 2.17. The molecule has 0 unspecified atom stereocenters. The average molecular weight is 339 g/mol. The van der Waals surface area contributed by atoms with Crippen LogP contribution in [-0.4, -0.2) is 23.3 Å². The monoisotopic (exact) mass is 339 g/mol. The van der Waals surface area contributed by atoms with Crippen LogP contribution in [0.4, 0.5) is 5.69 Å². The van der Waals surface area contributed by atoms with E-state index in [1.807, 2.05) is 32.0 Å². The minimum absolute atomic E-state index is 0.181. The molecule has 1 aromatic carbocycles. The van der Waals surface area contributed by atoms with Gasteiger partial charge in [0.05, 0.1) is 0 Å². The third kappa shape index (κ3) is 5.41. The summed E-state index contributed by atoms with van der Waals surface area (Å²) in [5, 5.41) is 5.73. The van der Waals surface area contributed by atoms with Crippen molar-refractivity contribution in [1.82, 2.24) is 10.3 Å². The Hall–Kier alpha value is -2.69. The number of amides is 2. The quantitative estimate of drug-likeness (QED) is 0.752. The molecular weight excluding hydrogens is 314 g/mol. The smallest absolute Gasteiger partial charge is 0.274 e. The summed E-state index contributed by atoms with van der Waals surface area (Å²) in [5.74, 6) is -0.506. The Bertz CT molecular complexity index is 756. The highest BCUT2D eigenvalue weighted by Gasteiger charge is 2.13. The van der Waals surface area contributed by atoms with Crippen LogP contribution in [0.25, 0.3) is 0 Å². The van der Waals surface area contributed by atoms with Gasteiger partial charge >= 0.3 is 0 Å². The van der Waals surface area contributed by atoms with E-state index in [4.69, 9.17) is 0 Å². The number of hydrogen-bond acceptors (Lipinski definition) is 3. The van der Waals surface area contributed by atoms with E-state index in [1.54, 1.807) is 6.07 Å². The molecule has 5 nitrogen and oxygen atoms in total. The zero-order chi connectivity index (χ0) is 18.2. The summed E-state index contributed by atoms with van der Waals surface area (Å²) in [5.41, 5.74) is 3.46. The van der Waals surface area contributed by atoms with Gasteiger partial charge in [-0.05, 0) is 49.6 Å². The summed E-state index contributed by atoms with van der Waals surface area (Å²) in [6.45, 7) is 6.66. The number of rotatable bonds is 7. The van der Waals surface area contributed by atoms with Gasteiger partial charge in [-0.25, -0.2) is 0 Å². The van der Waals surface area contributed by atoms with Crippen LogP contribution in [-0.2, 0) is 0 Å². The molecule has 0 aliphatic rings. The molecular formula is C20H25N3O2. The van der Waals surface area contributed by atoms with Gasteiger partial charge in [0.25, 0.3) is 11.8 Å². The minimum Gasteiger partial charge on any atom is -0.352 e. The lowest BCUT2D eigenvalue weighted by atomic mass is 10.1. The molecule has 0 radical (unpaired) electrons. The normalized spacial score (nSPS) is 10.4. The van der Waals surface area contributed by atoms with Gasteiger partial charge in [0.2, 0.25) is 0 Å². The summed E-state index contributed by atoms with van der Waals surface area (Å²) < 4.78 is 0. The number of carbonyl (C=O) groups excluding carboxylic acids is 2. The van der Waals surface area contributed by atoms with Crippen LogP contribution in [0.2, 0.25) is 0 Å². The molecule has 0 saturated carbocycles. The van der Waals surface area contributed by atoms with Crippen molar-refractivity contribution in [2.75, 3.05) is 11.9 Å². The predicted octanol–water partition coefficient (Wildman–Crippen LogP) is 3.87. The Morgan fingerprint density at radius 3 is 2.60 bits per heavy atom. The number of unbranched alkanes of at least 4 members (excludes halogenated alkanes) is 2. The number of anilines is 1. The largest absolute Gasteiger partial charge is 0.352 e. The van der Waals surface area contributed by atoms with Gasteiger partial charge in [-0.15, -0.1) is 0 Å². The van der Waals surface area contributed by atoms with Gasteiger partial charge in [-0.3, -0.25) is 14.6 Å². The number of aryl methyl sites for hydroxylation is 2. The van der Waals surface area contributed by atoms with E-state index in [1.165, 1.54) is 12.3 Å². The van der Waals surface area contributed by atoms with E-state index in [9.17, 15) is 9.59 Å². The van der Waals surface area contributed by atoms with E-state index < -0.39 is 0 Å². The molecule has 0 aliphatic heterocycles. The molecule has 5 heteroatoms. The maximum absolute atomic E-state index is 12.4. The lowest BCUT2D eigenvalue weighted by Gasteiger charge is -2.10. The van der Waals surface area contributed by atoms with Crippen molar-refractivity contribution in [2.24, 2.45) is 0 Å². The van der Waals surface area contributed by atoms with Crippen molar-refractivity contribution in [2.45, 2.75) is 40.0 Å². The number of nitrogens with zero attached hydrogens (tertiary/aromatic N) is 1. The lowest BCUT2D eigenvalue weighted by molar-refractivity contribution is 0.0953. The molecule has 0 aliphatic carbocycles. The summed E-state index contributed by atoms with van der Waals surface area (Å²) in [6.07, 6.45) is 4.63. The van der Waals surface area contributed by atoms with Gasteiger partial charge < -0.3 is 10.6 Å². The number of pyridine rings is 1. The van der Waals surface area contributed by atoms with Gasteiger partial charge in [-0.2, -0.15) is 0 Å². The third-order valence-electron chi connectivity index (χ3n) is 3.96. The molecule has 132 valence electrons. The van der Waals surface area contributed by atoms with E-state index in [0.717, 1.165) is 36.1 Å². The summed E-state index contributed by atoms with van der Waals surface area (Å²) in [4.78, 5) is 28.7. The van der Waals surface area contributed by atoms with Gasteiger partial charge in [0.15, 0.2) is 0 Å². The van der Waals surface area contributed by atoms with Crippen LogP contribution in [0.1, 0.15) is 58.2 Å². The fraction of sp³-hybridized carbons (Fsp3) is 0.350. The SMILES string of the molecule is CCCCCNC(=O)c1ccnc(C(=O)Nc2cc(C)ccc2C)c1. The van der Waals surface area contributed by atoms with E-state index in [0.29, 0.717) is 12.1 Å². The van der Waals surface area contributed by atoms with Crippen LogP contribution in [0.3, 0.4) is 0 Å².